The van der Waals surface area contributed by atoms with Crippen LogP contribution in [0.5, 0.6) is 0 Å². The largest absolute Gasteiger partial charge is 0.499 e. The molecule has 130 valence electrons. The minimum Gasteiger partial charge on any atom is -0.499 e. The number of hydrogen-bond acceptors (Lipinski definition) is 6. The molecule has 6 nitrogen and oxygen atoms in total. The number of hydrogen-bond donors (Lipinski definition) is 0. The zero-order valence-corrected chi connectivity index (χ0v) is 13.8. The molecule has 0 aromatic heterocycles. The van der Waals surface area contributed by atoms with Gasteiger partial charge in [0.15, 0.2) is 0 Å². The lowest BCUT2D eigenvalue weighted by atomic mass is 10.7. The molecule has 0 fully saturated rings. The summed E-state index contributed by atoms with van der Waals surface area (Å²) >= 11 is 0. The molecule has 0 N–H and O–H groups in total. The van der Waals surface area contributed by atoms with Crippen LogP contribution in [0.25, 0.3) is 0 Å². The van der Waals surface area contributed by atoms with Crippen LogP contribution in [0.4, 0.5) is 0 Å². The Bertz CT molecular complexity index is 229. The van der Waals surface area contributed by atoms with E-state index in [-0.39, 0.29) is 0 Å². The number of ether oxygens (including phenoxy) is 6. The fraction of sp³-hybridized carbons (Fsp3) is 0.750. The monoisotopic (exact) mass is 318 g/mol. The Kier molecular flexibility index (Phi) is 18.9. The number of rotatable bonds is 17. The van der Waals surface area contributed by atoms with E-state index < -0.39 is 0 Å². The van der Waals surface area contributed by atoms with Gasteiger partial charge < -0.3 is 28.4 Å². The van der Waals surface area contributed by atoms with E-state index in [9.17, 15) is 0 Å². The van der Waals surface area contributed by atoms with Crippen LogP contribution in [0.15, 0.2) is 24.7 Å². The van der Waals surface area contributed by atoms with E-state index in [0.29, 0.717) is 66.1 Å². The highest BCUT2D eigenvalue weighted by Crippen LogP contribution is 1.85. The maximum atomic E-state index is 5.36. The van der Waals surface area contributed by atoms with Gasteiger partial charge in [0, 0.05) is 0 Å². The van der Waals surface area contributed by atoms with Crippen LogP contribution < -0.4 is 0 Å². The summed E-state index contributed by atoms with van der Waals surface area (Å²) in [6, 6.07) is 0. The molecular formula is C16H30O6. The van der Waals surface area contributed by atoms with Crippen LogP contribution in [-0.4, -0.2) is 66.1 Å². The second-order valence-corrected chi connectivity index (χ2v) is 4.13. The molecule has 0 rings (SSSR count). The second-order valence-electron chi connectivity index (χ2n) is 4.13. The molecule has 0 amide bonds. The van der Waals surface area contributed by atoms with E-state index in [4.69, 9.17) is 28.4 Å². The molecule has 0 saturated heterocycles. The van der Waals surface area contributed by atoms with Crippen LogP contribution in [0, 0.1) is 0 Å². The third kappa shape index (κ3) is 18.9. The van der Waals surface area contributed by atoms with E-state index in [1.807, 2.05) is 26.0 Å². The molecule has 22 heavy (non-hydrogen) atoms. The van der Waals surface area contributed by atoms with Gasteiger partial charge in [0.2, 0.25) is 0 Å². The Labute approximate surface area is 134 Å². The molecule has 0 radical (unpaired) electrons. The van der Waals surface area contributed by atoms with Crippen molar-refractivity contribution in [3.05, 3.63) is 24.7 Å². The Morgan fingerprint density at radius 2 is 0.727 bits per heavy atom. The third-order valence-electron chi connectivity index (χ3n) is 2.27. The minimum absolute atomic E-state index is 0.558. The molecule has 0 aliphatic carbocycles. The molecule has 0 atom stereocenters. The molecule has 0 aliphatic heterocycles. The van der Waals surface area contributed by atoms with Crippen LogP contribution in [0.1, 0.15) is 13.8 Å². The molecule has 6 heteroatoms. The highest BCUT2D eigenvalue weighted by molar-refractivity contribution is 4.65. The van der Waals surface area contributed by atoms with Crippen LogP contribution in [0.3, 0.4) is 0 Å². The van der Waals surface area contributed by atoms with Crippen molar-refractivity contribution in [1.82, 2.24) is 0 Å². The van der Waals surface area contributed by atoms with Gasteiger partial charge in [-0.3, -0.25) is 0 Å². The van der Waals surface area contributed by atoms with Crippen molar-refractivity contribution >= 4 is 0 Å². The first-order chi connectivity index (χ1) is 10.9. The quantitative estimate of drug-likeness (QED) is 0.303. The van der Waals surface area contributed by atoms with Gasteiger partial charge in [-0.25, -0.2) is 0 Å². The van der Waals surface area contributed by atoms with E-state index in [1.165, 1.54) is 0 Å². The highest BCUT2D eigenvalue weighted by Gasteiger charge is 1.93. The maximum Gasteiger partial charge on any atom is 0.111 e. The fourth-order valence-corrected chi connectivity index (χ4v) is 1.30. The molecule has 0 saturated carbocycles. The van der Waals surface area contributed by atoms with Gasteiger partial charge in [-0.05, 0) is 13.8 Å². The standard InChI is InChI=1S/C16H30O6/c1-3-5-17-7-9-19-11-13-21-15-16-22-14-12-20-10-8-18-6-4-2/h3-6H,7-16H2,1-2H3. The second kappa shape index (κ2) is 19.9. The van der Waals surface area contributed by atoms with E-state index >= 15 is 0 Å². The average molecular weight is 318 g/mol. The smallest absolute Gasteiger partial charge is 0.111 e. The summed E-state index contributed by atoms with van der Waals surface area (Å²) in [5.74, 6) is 0. The topological polar surface area (TPSA) is 55.4 Å². The lowest BCUT2D eigenvalue weighted by molar-refractivity contribution is -0.00962. The van der Waals surface area contributed by atoms with Gasteiger partial charge >= 0.3 is 0 Å². The first-order valence-corrected chi connectivity index (χ1v) is 7.68. The van der Waals surface area contributed by atoms with Gasteiger partial charge in [0.25, 0.3) is 0 Å². The number of allylic oxidation sites excluding steroid dienone is 2. The molecule has 0 aliphatic rings. The van der Waals surface area contributed by atoms with Crippen molar-refractivity contribution in [2.24, 2.45) is 0 Å². The lowest BCUT2D eigenvalue weighted by Crippen LogP contribution is -2.13. The van der Waals surface area contributed by atoms with Crippen molar-refractivity contribution in [2.75, 3.05) is 66.1 Å². The van der Waals surface area contributed by atoms with Crippen molar-refractivity contribution in [1.29, 1.82) is 0 Å². The SMILES string of the molecule is CC=COCCOCCOCCOCCOCCOC=CC. The van der Waals surface area contributed by atoms with Crippen LogP contribution >= 0.6 is 0 Å². The zero-order chi connectivity index (χ0) is 16.1. The molecule has 0 aromatic rings. The predicted molar refractivity (Wildman–Crippen MR) is 84.8 cm³/mol. The van der Waals surface area contributed by atoms with E-state index in [1.54, 1.807) is 12.5 Å². The summed E-state index contributed by atoms with van der Waals surface area (Å²) < 4.78 is 31.6. The molecule has 0 unspecified atom stereocenters. The predicted octanol–water partition coefficient (Wildman–Crippen LogP) is 2.15. The van der Waals surface area contributed by atoms with Gasteiger partial charge in [-0.15, -0.1) is 0 Å². The normalized spacial score (nSPS) is 11.5. The Hall–Kier alpha value is -1.08. The zero-order valence-electron chi connectivity index (χ0n) is 13.8. The van der Waals surface area contributed by atoms with Crippen molar-refractivity contribution in [2.45, 2.75) is 13.8 Å². The molecule has 0 spiro atoms. The molecular weight excluding hydrogens is 288 g/mol. The van der Waals surface area contributed by atoms with Gasteiger partial charge in [0.05, 0.1) is 65.4 Å². The maximum absolute atomic E-state index is 5.36. The molecule has 0 bridgehead atoms. The van der Waals surface area contributed by atoms with Crippen LogP contribution in [0.2, 0.25) is 0 Å². The van der Waals surface area contributed by atoms with Crippen LogP contribution in [-0.2, 0) is 28.4 Å². The van der Waals surface area contributed by atoms with E-state index in [0.717, 1.165) is 0 Å². The van der Waals surface area contributed by atoms with Crippen molar-refractivity contribution in [3.8, 4) is 0 Å². The highest BCUT2D eigenvalue weighted by atomic mass is 16.6. The summed E-state index contributed by atoms with van der Waals surface area (Å²) in [6.07, 6.45) is 6.98. The summed E-state index contributed by atoms with van der Waals surface area (Å²) in [6.45, 7) is 9.44. The van der Waals surface area contributed by atoms with Crippen molar-refractivity contribution < 1.29 is 28.4 Å². The average Bonchev–Trinajstić information content (AvgIpc) is 2.54. The minimum atomic E-state index is 0.558. The molecule has 0 heterocycles. The fourth-order valence-electron chi connectivity index (χ4n) is 1.30. The first-order valence-electron chi connectivity index (χ1n) is 7.68. The molecule has 0 aromatic carbocycles. The van der Waals surface area contributed by atoms with Crippen molar-refractivity contribution in [3.63, 3.8) is 0 Å². The van der Waals surface area contributed by atoms with Gasteiger partial charge in [-0.1, -0.05) is 12.2 Å². The summed E-state index contributed by atoms with van der Waals surface area (Å²) in [5, 5.41) is 0. The van der Waals surface area contributed by atoms with Gasteiger partial charge in [0.1, 0.15) is 13.2 Å². The summed E-state index contributed by atoms with van der Waals surface area (Å²) in [5.41, 5.74) is 0. The third-order valence-corrected chi connectivity index (χ3v) is 2.27. The van der Waals surface area contributed by atoms with Gasteiger partial charge in [-0.2, -0.15) is 0 Å². The first kappa shape index (κ1) is 20.9. The summed E-state index contributed by atoms with van der Waals surface area (Å²) in [4.78, 5) is 0. The lowest BCUT2D eigenvalue weighted by Gasteiger charge is -2.07. The Morgan fingerprint density at radius 1 is 0.455 bits per heavy atom. The Balaban J connectivity index is 2.97. The summed E-state index contributed by atoms with van der Waals surface area (Å²) in [7, 11) is 0. The van der Waals surface area contributed by atoms with E-state index in [2.05, 4.69) is 0 Å². The Morgan fingerprint density at radius 3 is 1.00 bits per heavy atom.